The van der Waals surface area contributed by atoms with Crippen LogP contribution in [-0.4, -0.2) is 33.6 Å². The summed E-state index contributed by atoms with van der Waals surface area (Å²) in [7, 11) is 0. The SMILES string of the molecule is CCCCCN(C(=O)c1cccc(O)c1O)C(C)C. The predicted octanol–water partition coefficient (Wildman–Crippen LogP) is 3.14. The van der Waals surface area contributed by atoms with E-state index in [1.165, 1.54) is 12.1 Å². The standard InChI is InChI=1S/C15H23NO3/c1-4-5-6-10-16(11(2)3)15(19)12-8-7-9-13(17)14(12)18/h7-9,11,17-18H,4-6,10H2,1-3H3. The second-order valence-electron chi connectivity index (χ2n) is 4.97. The topological polar surface area (TPSA) is 60.8 Å². The molecule has 0 aliphatic carbocycles. The number of hydrogen-bond acceptors (Lipinski definition) is 3. The second kappa shape index (κ2) is 7.02. The van der Waals surface area contributed by atoms with Crippen LogP contribution < -0.4 is 0 Å². The van der Waals surface area contributed by atoms with E-state index in [0.29, 0.717) is 6.54 Å². The third-order valence-corrected chi connectivity index (χ3v) is 3.13. The molecule has 0 saturated carbocycles. The van der Waals surface area contributed by atoms with Crippen molar-refractivity contribution in [2.45, 2.75) is 46.1 Å². The normalized spacial score (nSPS) is 10.7. The molecule has 0 spiro atoms. The van der Waals surface area contributed by atoms with Gasteiger partial charge in [-0.15, -0.1) is 0 Å². The molecule has 1 aromatic rings. The minimum Gasteiger partial charge on any atom is -0.504 e. The van der Waals surface area contributed by atoms with Gasteiger partial charge in [-0.25, -0.2) is 0 Å². The molecule has 0 bridgehead atoms. The van der Waals surface area contributed by atoms with Gasteiger partial charge in [0, 0.05) is 12.6 Å². The Kier molecular flexibility index (Phi) is 5.67. The van der Waals surface area contributed by atoms with E-state index >= 15 is 0 Å². The summed E-state index contributed by atoms with van der Waals surface area (Å²) in [6.45, 7) is 6.68. The smallest absolute Gasteiger partial charge is 0.257 e. The second-order valence-corrected chi connectivity index (χ2v) is 4.97. The summed E-state index contributed by atoms with van der Waals surface area (Å²) in [5.41, 5.74) is 0.158. The molecule has 0 aliphatic heterocycles. The van der Waals surface area contributed by atoms with Crippen molar-refractivity contribution in [2.24, 2.45) is 0 Å². The first-order valence-corrected chi connectivity index (χ1v) is 6.81. The summed E-state index contributed by atoms with van der Waals surface area (Å²) < 4.78 is 0. The molecule has 106 valence electrons. The number of phenols is 2. The van der Waals surface area contributed by atoms with Crippen LogP contribution >= 0.6 is 0 Å². The van der Waals surface area contributed by atoms with Crippen LogP contribution in [0.4, 0.5) is 0 Å². The number of carbonyl (C=O) groups excluding carboxylic acids is 1. The van der Waals surface area contributed by atoms with E-state index in [1.54, 1.807) is 11.0 Å². The highest BCUT2D eigenvalue weighted by Gasteiger charge is 2.22. The number of hydrogen-bond donors (Lipinski definition) is 2. The van der Waals surface area contributed by atoms with Crippen molar-refractivity contribution in [1.82, 2.24) is 4.90 Å². The van der Waals surface area contributed by atoms with Crippen LogP contribution in [0.25, 0.3) is 0 Å². The van der Waals surface area contributed by atoms with Crippen LogP contribution in [0.5, 0.6) is 11.5 Å². The Balaban J connectivity index is 2.90. The van der Waals surface area contributed by atoms with E-state index in [9.17, 15) is 15.0 Å². The zero-order chi connectivity index (χ0) is 14.4. The Bertz CT molecular complexity index is 429. The van der Waals surface area contributed by atoms with Crippen LogP contribution in [0.1, 0.15) is 50.4 Å². The van der Waals surface area contributed by atoms with Crippen LogP contribution in [-0.2, 0) is 0 Å². The molecule has 1 aromatic carbocycles. The van der Waals surface area contributed by atoms with Gasteiger partial charge in [0.15, 0.2) is 11.5 Å². The number of amides is 1. The molecule has 0 fully saturated rings. The number of phenolic OH excluding ortho intramolecular Hbond substituents is 2. The Hall–Kier alpha value is -1.71. The zero-order valence-corrected chi connectivity index (χ0v) is 11.9. The number of benzene rings is 1. The molecule has 0 unspecified atom stereocenters. The van der Waals surface area contributed by atoms with Crippen molar-refractivity contribution in [3.8, 4) is 11.5 Å². The summed E-state index contributed by atoms with van der Waals surface area (Å²) in [5.74, 6) is -0.837. The Morgan fingerprint density at radius 1 is 1.26 bits per heavy atom. The minimum absolute atomic E-state index is 0.0612. The molecule has 4 heteroatoms. The largest absolute Gasteiger partial charge is 0.504 e. The lowest BCUT2D eigenvalue weighted by Crippen LogP contribution is -2.37. The van der Waals surface area contributed by atoms with Crippen molar-refractivity contribution in [3.63, 3.8) is 0 Å². The van der Waals surface area contributed by atoms with E-state index in [2.05, 4.69) is 6.92 Å². The molecule has 4 nitrogen and oxygen atoms in total. The highest BCUT2D eigenvalue weighted by molar-refractivity contribution is 5.97. The van der Waals surface area contributed by atoms with Gasteiger partial charge in [0.25, 0.3) is 5.91 Å². The zero-order valence-electron chi connectivity index (χ0n) is 11.9. The first-order valence-electron chi connectivity index (χ1n) is 6.81. The lowest BCUT2D eigenvalue weighted by Gasteiger charge is -2.27. The quantitative estimate of drug-likeness (QED) is 0.613. The maximum Gasteiger partial charge on any atom is 0.257 e. The summed E-state index contributed by atoms with van der Waals surface area (Å²) >= 11 is 0. The Labute approximate surface area is 114 Å². The number of nitrogens with zero attached hydrogens (tertiary/aromatic N) is 1. The van der Waals surface area contributed by atoms with Gasteiger partial charge in [0.05, 0.1) is 5.56 Å². The van der Waals surface area contributed by atoms with Crippen molar-refractivity contribution in [1.29, 1.82) is 0 Å². The maximum absolute atomic E-state index is 12.4. The maximum atomic E-state index is 12.4. The monoisotopic (exact) mass is 265 g/mol. The molecule has 0 aliphatic rings. The van der Waals surface area contributed by atoms with Crippen molar-refractivity contribution in [2.75, 3.05) is 6.54 Å². The van der Waals surface area contributed by atoms with Crippen LogP contribution in [0, 0.1) is 0 Å². The van der Waals surface area contributed by atoms with Crippen molar-refractivity contribution >= 4 is 5.91 Å². The highest BCUT2D eigenvalue weighted by atomic mass is 16.3. The number of rotatable bonds is 6. The summed E-state index contributed by atoms with van der Waals surface area (Å²) in [4.78, 5) is 14.1. The molecule has 0 radical (unpaired) electrons. The third kappa shape index (κ3) is 3.88. The van der Waals surface area contributed by atoms with Gasteiger partial charge in [-0.2, -0.15) is 0 Å². The van der Waals surface area contributed by atoms with Gasteiger partial charge in [-0.1, -0.05) is 25.8 Å². The molecule has 0 atom stereocenters. The molecular formula is C15H23NO3. The number of para-hydroxylation sites is 1. The van der Waals surface area contributed by atoms with Gasteiger partial charge in [0.2, 0.25) is 0 Å². The van der Waals surface area contributed by atoms with Gasteiger partial charge in [-0.05, 0) is 32.4 Å². The van der Waals surface area contributed by atoms with E-state index in [-0.39, 0.29) is 29.0 Å². The molecule has 2 N–H and O–H groups in total. The van der Waals surface area contributed by atoms with Gasteiger partial charge in [-0.3, -0.25) is 4.79 Å². The van der Waals surface area contributed by atoms with Crippen LogP contribution in [0.15, 0.2) is 18.2 Å². The fourth-order valence-corrected chi connectivity index (χ4v) is 1.99. The summed E-state index contributed by atoms with van der Waals surface area (Å²) in [6.07, 6.45) is 3.11. The van der Waals surface area contributed by atoms with Crippen molar-refractivity contribution in [3.05, 3.63) is 23.8 Å². The molecule has 1 rings (SSSR count). The first-order chi connectivity index (χ1) is 8.99. The average molecular weight is 265 g/mol. The van der Waals surface area contributed by atoms with E-state index in [1.807, 2.05) is 13.8 Å². The summed E-state index contributed by atoms with van der Waals surface area (Å²) in [6, 6.07) is 4.52. The van der Waals surface area contributed by atoms with Crippen molar-refractivity contribution < 1.29 is 15.0 Å². The minimum atomic E-state index is -0.339. The fourth-order valence-electron chi connectivity index (χ4n) is 1.99. The van der Waals surface area contributed by atoms with Crippen LogP contribution in [0.3, 0.4) is 0 Å². The first kappa shape index (κ1) is 15.3. The number of aromatic hydroxyl groups is 2. The number of unbranched alkanes of at least 4 members (excludes halogenated alkanes) is 2. The van der Waals surface area contributed by atoms with E-state index < -0.39 is 0 Å². The lowest BCUT2D eigenvalue weighted by atomic mass is 10.1. The molecule has 0 heterocycles. The molecule has 19 heavy (non-hydrogen) atoms. The Morgan fingerprint density at radius 2 is 1.95 bits per heavy atom. The van der Waals surface area contributed by atoms with Gasteiger partial charge >= 0.3 is 0 Å². The predicted molar refractivity (Wildman–Crippen MR) is 75.5 cm³/mol. The highest BCUT2D eigenvalue weighted by Crippen LogP contribution is 2.29. The number of carbonyl (C=O) groups is 1. The molecule has 0 saturated heterocycles. The molecule has 1 amide bonds. The van der Waals surface area contributed by atoms with Gasteiger partial charge < -0.3 is 15.1 Å². The van der Waals surface area contributed by atoms with Crippen LogP contribution in [0.2, 0.25) is 0 Å². The fraction of sp³-hybridized carbons (Fsp3) is 0.533. The van der Waals surface area contributed by atoms with E-state index in [4.69, 9.17) is 0 Å². The average Bonchev–Trinajstić information content (AvgIpc) is 2.37. The Morgan fingerprint density at radius 3 is 2.53 bits per heavy atom. The third-order valence-electron chi connectivity index (χ3n) is 3.13. The van der Waals surface area contributed by atoms with Gasteiger partial charge in [0.1, 0.15) is 0 Å². The molecule has 0 aromatic heterocycles. The lowest BCUT2D eigenvalue weighted by molar-refractivity contribution is 0.0698. The molecular weight excluding hydrogens is 242 g/mol. The summed E-state index contributed by atoms with van der Waals surface area (Å²) in [5, 5.41) is 19.2. The van der Waals surface area contributed by atoms with E-state index in [0.717, 1.165) is 19.3 Å².